The van der Waals surface area contributed by atoms with Crippen molar-refractivity contribution in [1.82, 2.24) is 10.2 Å². The maximum atomic E-state index is 12.9. The Hall–Kier alpha value is -3.07. The van der Waals surface area contributed by atoms with Gasteiger partial charge in [0.2, 0.25) is 0 Å². The minimum Gasteiger partial charge on any atom is -0.465 e. The first-order valence-corrected chi connectivity index (χ1v) is 10.4. The van der Waals surface area contributed by atoms with E-state index in [0.717, 1.165) is 32.1 Å². The predicted octanol–water partition coefficient (Wildman–Crippen LogP) is 3.43. The van der Waals surface area contributed by atoms with Gasteiger partial charge in [0, 0.05) is 44.0 Å². The number of nitrogens with zero attached hydrogens (tertiary/aromatic N) is 2. The van der Waals surface area contributed by atoms with Crippen molar-refractivity contribution in [3.05, 3.63) is 65.2 Å². The Morgan fingerprint density at radius 2 is 1.66 bits per heavy atom. The second-order valence-corrected chi connectivity index (χ2v) is 7.56. The molecule has 172 valence electrons. The number of carbonyl (C=O) groups excluding carboxylic acids is 2. The number of esters is 1. The van der Waals surface area contributed by atoms with E-state index >= 15 is 0 Å². The lowest BCUT2D eigenvalue weighted by Gasteiger charge is -2.36. The summed E-state index contributed by atoms with van der Waals surface area (Å²) in [5, 5.41) is 2.86. The summed E-state index contributed by atoms with van der Waals surface area (Å²) in [6, 6.07) is 11.7. The van der Waals surface area contributed by atoms with Crippen LogP contribution in [0.15, 0.2) is 48.5 Å². The summed E-state index contributed by atoms with van der Waals surface area (Å²) >= 11 is 0. The maximum Gasteiger partial charge on any atom is 0.416 e. The fourth-order valence-electron chi connectivity index (χ4n) is 3.59. The third-order valence-electron chi connectivity index (χ3n) is 5.42. The first-order valence-electron chi connectivity index (χ1n) is 10.4. The molecule has 0 unspecified atom stereocenters. The van der Waals surface area contributed by atoms with Gasteiger partial charge in [-0.1, -0.05) is 6.07 Å². The summed E-state index contributed by atoms with van der Waals surface area (Å²) in [6.07, 6.45) is -3.58. The average Bonchev–Trinajstić information content (AvgIpc) is 2.81. The monoisotopic (exact) mass is 449 g/mol. The van der Waals surface area contributed by atoms with Gasteiger partial charge in [-0.3, -0.25) is 9.69 Å². The van der Waals surface area contributed by atoms with E-state index in [4.69, 9.17) is 0 Å². The summed E-state index contributed by atoms with van der Waals surface area (Å²) < 4.78 is 43.4. The van der Waals surface area contributed by atoms with Crippen LogP contribution in [-0.2, 0) is 10.9 Å². The summed E-state index contributed by atoms with van der Waals surface area (Å²) in [4.78, 5) is 27.9. The number of hydrogen-bond acceptors (Lipinski definition) is 5. The Labute approximate surface area is 184 Å². The fourth-order valence-corrected chi connectivity index (χ4v) is 3.59. The Bertz CT molecular complexity index is 924. The lowest BCUT2D eigenvalue weighted by Crippen LogP contribution is -2.47. The molecular formula is C23H26F3N3O3. The van der Waals surface area contributed by atoms with Crippen LogP contribution < -0.4 is 10.2 Å². The Morgan fingerprint density at radius 3 is 2.28 bits per heavy atom. The Kier molecular flexibility index (Phi) is 7.74. The van der Waals surface area contributed by atoms with Gasteiger partial charge in [-0.2, -0.15) is 13.2 Å². The van der Waals surface area contributed by atoms with Gasteiger partial charge in [-0.15, -0.1) is 0 Å². The molecule has 3 rings (SSSR count). The van der Waals surface area contributed by atoms with Crippen molar-refractivity contribution in [3.8, 4) is 0 Å². The van der Waals surface area contributed by atoms with E-state index < -0.39 is 17.7 Å². The normalized spacial score (nSPS) is 14.8. The quantitative estimate of drug-likeness (QED) is 0.519. The molecule has 32 heavy (non-hydrogen) atoms. The van der Waals surface area contributed by atoms with Gasteiger partial charge in [0.25, 0.3) is 5.91 Å². The summed E-state index contributed by atoms with van der Waals surface area (Å²) in [5.41, 5.74) is 0.804. The molecule has 0 bridgehead atoms. The minimum atomic E-state index is -4.34. The molecule has 2 aromatic carbocycles. The van der Waals surface area contributed by atoms with Crippen molar-refractivity contribution in [2.75, 3.05) is 51.3 Å². The van der Waals surface area contributed by atoms with Crippen LogP contribution in [0.1, 0.15) is 32.7 Å². The number of ether oxygens (including phenoxy) is 1. The zero-order chi connectivity index (χ0) is 23.1. The summed E-state index contributed by atoms with van der Waals surface area (Å²) in [5.74, 6) is -0.666. The third kappa shape index (κ3) is 6.23. The second kappa shape index (κ2) is 10.5. The molecule has 1 N–H and O–H groups in total. The molecule has 6 nitrogen and oxygen atoms in total. The second-order valence-electron chi connectivity index (χ2n) is 7.56. The topological polar surface area (TPSA) is 61.9 Å². The molecule has 1 aliphatic heterocycles. The SMILES string of the molecule is COC(=O)c1ccc(C(=O)NCCCN2CCN(c3cccc(C(F)(F)F)c3)CC2)cc1. The number of hydrogen-bond donors (Lipinski definition) is 1. The molecule has 2 aromatic rings. The molecule has 0 atom stereocenters. The van der Waals surface area contributed by atoms with E-state index in [0.29, 0.717) is 36.4 Å². The highest BCUT2D eigenvalue weighted by molar-refractivity contribution is 5.96. The largest absolute Gasteiger partial charge is 0.465 e. The zero-order valence-electron chi connectivity index (χ0n) is 17.8. The van der Waals surface area contributed by atoms with Crippen molar-refractivity contribution in [2.24, 2.45) is 0 Å². The number of benzene rings is 2. The Balaban J connectivity index is 1.38. The third-order valence-corrected chi connectivity index (χ3v) is 5.42. The van der Waals surface area contributed by atoms with Crippen LogP contribution in [0.25, 0.3) is 0 Å². The van der Waals surface area contributed by atoms with E-state index in [-0.39, 0.29) is 5.91 Å². The van der Waals surface area contributed by atoms with E-state index in [1.165, 1.54) is 19.2 Å². The molecule has 1 fully saturated rings. The number of methoxy groups -OCH3 is 1. The number of amides is 1. The highest BCUT2D eigenvalue weighted by atomic mass is 19.4. The van der Waals surface area contributed by atoms with Crippen LogP contribution in [-0.4, -0.2) is 63.2 Å². The van der Waals surface area contributed by atoms with Crippen LogP contribution in [0.3, 0.4) is 0 Å². The van der Waals surface area contributed by atoms with E-state index in [1.54, 1.807) is 30.3 Å². The van der Waals surface area contributed by atoms with Crippen LogP contribution in [0.4, 0.5) is 18.9 Å². The smallest absolute Gasteiger partial charge is 0.416 e. The van der Waals surface area contributed by atoms with Gasteiger partial charge < -0.3 is 15.0 Å². The van der Waals surface area contributed by atoms with Crippen molar-refractivity contribution in [1.29, 1.82) is 0 Å². The van der Waals surface area contributed by atoms with Crippen molar-refractivity contribution >= 4 is 17.6 Å². The molecular weight excluding hydrogens is 423 g/mol. The predicted molar refractivity (Wildman–Crippen MR) is 115 cm³/mol. The molecule has 0 spiro atoms. The van der Waals surface area contributed by atoms with E-state index in [1.807, 2.05) is 4.90 Å². The first kappa shape index (κ1) is 23.6. The molecule has 1 saturated heterocycles. The number of nitrogens with one attached hydrogen (secondary N) is 1. The minimum absolute atomic E-state index is 0.212. The fraction of sp³-hybridized carbons (Fsp3) is 0.391. The molecule has 1 heterocycles. The van der Waals surface area contributed by atoms with Crippen molar-refractivity contribution < 1.29 is 27.5 Å². The molecule has 0 aliphatic carbocycles. The highest BCUT2D eigenvalue weighted by Crippen LogP contribution is 2.31. The number of carbonyl (C=O) groups is 2. The lowest BCUT2D eigenvalue weighted by atomic mass is 10.1. The van der Waals surface area contributed by atoms with Crippen LogP contribution >= 0.6 is 0 Å². The zero-order valence-corrected chi connectivity index (χ0v) is 17.8. The number of rotatable bonds is 7. The number of anilines is 1. The molecule has 1 aliphatic rings. The first-order chi connectivity index (χ1) is 15.3. The van der Waals surface area contributed by atoms with Crippen LogP contribution in [0, 0.1) is 0 Å². The van der Waals surface area contributed by atoms with E-state index in [9.17, 15) is 22.8 Å². The molecule has 9 heteroatoms. The highest BCUT2D eigenvalue weighted by Gasteiger charge is 2.31. The van der Waals surface area contributed by atoms with Crippen molar-refractivity contribution in [3.63, 3.8) is 0 Å². The lowest BCUT2D eigenvalue weighted by molar-refractivity contribution is -0.137. The Morgan fingerprint density at radius 1 is 1.00 bits per heavy atom. The molecule has 0 radical (unpaired) electrons. The van der Waals surface area contributed by atoms with Gasteiger partial charge in [-0.25, -0.2) is 4.79 Å². The van der Waals surface area contributed by atoms with Gasteiger partial charge >= 0.3 is 12.1 Å². The number of alkyl halides is 3. The van der Waals surface area contributed by atoms with Crippen LogP contribution in [0.5, 0.6) is 0 Å². The standard InChI is InChI=1S/C23H26F3N3O3/c1-32-22(31)18-8-6-17(7-9-18)21(30)27-10-3-11-28-12-14-29(15-13-28)20-5-2-4-19(16-20)23(24,25)26/h2,4-9,16H,3,10-15H2,1H3,(H,27,30). The molecule has 0 aromatic heterocycles. The number of piperazine rings is 1. The molecule has 0 saturated carbocycles. The van der Waals surface area contributed by atoms with Gasteiger partial charge in [0.15, 0.2) is 0 Å². The average molecular weight is 449 g/mol. The van der Waals surface area contributed by atoms with E-state index in [2.05, 4.69) is 15.0 Å². The number of halogens is 3. The van der Waals surface area contributed by atoms with Crippen molar-refractivity contribution in [2.45, 2.75) is 12.6 Å². The van der Waals surface area contributed by atoms with Crippen LogP contribution in [0.2, 0.25) is 0 Å². The van der Waals surface area contributed by atoms with Gasteiger partial charge in [-0.05, 0) is 55.4 Å². The summed E-state index contributed by atoms with van der Waals surface area (Å²) in [6.45, 7) is 4.10. The maximum absolute atomic E-state index is 12.9. The summed E-state index contributed by atoms with van der Waals surface area (Å²) in [7, 11) is 1.30. The molecule has 1 amide bonds. The van der Waals surface area contributed by atoms with Gasteiger partial charge in [0.05, 0.1) is 18.2 Å². The van der Waals surface area contributed by atoms with Gasteiger partial charge in [0.1, 0.15) is 0 Å².